The third-order valence-electron chi connectivity index (χ3n) is 3.60. The zero-order valence-electron chi connectivity index (χ0n) is 13.6. The smallest absolute Gasteiger partial charge is 0.204 e. The highest BCUT2D eigenvalue weighted by molar-refractivity contribution is 6.03. The van der Waals surface area contributed by atoms with Crippen LogP contribution in [-0.2, 0) is 0 Å². The molecule has 0 aliphatic carbocycles. The van der Waals surface area contributed by atoms with Gasteiger partial charge < -0.3 is 19.5 Å². The Morgan fingerprint density at radius 1 is 1.09 bits per heavy atom. The Bertz CT molecular complexity index is 510. The van der Waals surface area contributed by atoms with Gasteiger partial charge in [0.05, 0.1) is 31.4 Å². The van der Waals surface area contributed by atoms with Crippen LogP contribution in [0.15, 0.2) is 12.1 Å². The Morgan fingerprint density at radius 3 is 2.36 bits per heavy atom. The highest BCUT2D eigenvalue weighted by Crippen LogP contribution is 2.41. The number of carbonyl (C=O) groups excluding carboxylic acids is 1. The van der Waals surface area contributed by atoms with Gasteiger partial charge >= 0.3 is 0 Å². The number of hydrogen-bond acceptors (Lipinski definition) is 5. The first kappa shape index (κ1) is 16.6. The van der Waals surface area contributed by atoms with Crippen molar-refractivity contribution < 1.29 is 19.0 Å². The minimum atomic E-state index is -0.133. The maximum absolute atomic E-state index is 12.7. The van der Waals surface area contributed by atoms with E-state index in [1.165, 1.54) is 0 Å². The zero-order valence-corrected chi connectivity index (χ0v) is 13.6. The molecule has 1 atom stereocenters. The first-order chi connectivity index (χ1) is 10.7. The molecule has 2 rings (SSSR count). The van der Waals surface area contributed by atoms with Gasteiger partial charge in [-0.3, -0.25) is 4.79 Å². The molecule has 0 amide bonds. The van der Waals surface area contributed by atoms with Crippen molar-refractivity contribution in [2.75, 3.05) is 26.4 Å². The van der Waals surface area contributed by atoms with Crippen LogP contribution in [0.3, 0.4) is 0 Å². The molecule has 1 N–H and O–H groups in total. The standard InChI is InChI=1S/C17H25NO4/c1-4-20-14-10-9-12(15(19)13-8-7-11-18-13)16(21-5-2)17(14)22-6-3/h9-10,13,18H,4-8,11H2,1-3H3. The van der Waals surface area contributed by atoms with Crippen molar-refractivity contribution in [3.8, 4) is 17.2 Å². The van der Waals surface area contributed by atoms with Crippen LogP contribution >= 0.6 is 0 Å². The van der Waals surface area contributed by atoms with Crippen LogP contribution in [-0.4, -0.2) is 38.2 Å². The van der Waals surface area contributed by atoms with Gasteiger partial charge in [-0.1, -0.05) is 0 Å². The van der Waals surface area contributed by atoms with Gasteiger partial charge in [-0.2, -0.15) is 0 Å². The van der Waals surface area contributed by atoms with Gasteiger partial charge in [-0.05, 0) is 52.3 Å². The number of hydrogen-bond donors (Lipinski definition) is 1. The van der Waals surface area contributed by atoms with E-state index in [2.05, 4.69) is 5.32 Å². The van der Waals surface area contributed by atoms with E-state index in [-0.39, 0.29) is 11.8 Å². The van der Waals surface area contributed by atoms with Crippen LogP contribution in [0.25, 0.3) is 0 Å². The Hall–Kier alpha value is -1.75. The zero-order chi connectivity index (χ0) is 15.9. The van der Waals surface area contributed by atoms with Gasteiger partial charge in [-0.25, -0.2) is 0 Å². The molecule has 122 valence electrons. The first-order valence-electron chi connectivity index (χ1n) is 8.05. The van der Waals surface area contributed by atoms with Crippen LogP contribution in [0.5, 0.6) is 17.2 Å². The molecular weight excluding hydrogens is 282 g/mol. The molecule has 0 radical (unpaired) electrons. The lowest BCUT2D eigenvalue weighted by molar-refractivity contribution is 0.0947. The van der Waals surface area contributed by atoms with Crippen LogP contribution in [0.1, 0.15) is 44.0 Å². The largest absolute Gasteiger partial charge is 0.490 e. The molecule has 0 aromatic heterocycles. The average molecular weight is 307 g/mol. The Kier molecular flexibility index (Phi) is 6.07. The second kappa shape index (κ2) is 8.03. The van der Waals surface area contributed by atoms with Gasteiger partial charge in [-0.15, -0.1) is 0 Å². The number of ketones is 1. The molecule has 5 heteroatoms. The van der Waals surface area contributed by atoms with E-state index in [0.29, 0.717) is 42.6 Å². The maximum atomic E-state index is 12.7. The van der Waals surface area contributed by atoms with E-state index in [0.717, 1.165) is 19.4 Å². The highest BCUT2D eigenvalue weighted by Gasteiger charge is 2.28. The minimum absolute atomic E-state index is 0.0601. The lowest BCUT2D eigenvalue weighted by Gasteiger charge is -2.19. The van der Waals surface area contributed by atoms with E-state index in [1.807, 2.05) is 20.8 Å². The number of benzene rings is 1. The fraction of sp³-hybridized carbons (Fsp3) is 0.588. The van der Waals surface area contributed by atoms with Crippen LogP contribution in [0.2, 0.25) is 0 Å². The number of Topliss-reactive ketones (excluding diaryl/α,β-unsaturated/α-hetero) is 1. The molecule has 5 nitrogen and oxygen atoms in total. The normalized spacial score (nSPS) is 17.3. The van der Waals surface area contributed by atoms with Crippen molar-refractivity contribution in [3.05, 3.63) is 17.7 Å². The van der Waals surface area contributed by atoms with Crippen molar-refractivity contribution in [3.63, 3.8) is 0 Å². The summed E-state index contributed by atoms with van der Waals surface area (Å²) in [5, 5.41) is 3.24. The van der Waals surface area contributed by atoms with Crippen LogP contribution < -0.4 is 19.5 Å². The van der Waals surface area contributed by atoms with Crippen molar-refractivity contribution in [2.45, 2.75) is 39.7 Å². The summed E-state index contributed by atoms with van der Waals surface area (Å²) >= 11 is 0. The van der Waals surface area contributed by atoms with Crippen molar-refractivity contribution in [2.24, 2.45) is 0 Å². The second-order valence-corrected chi connectivity index (χ2v) is 5.08. The third-order valence-corrected chi connectivity index (χ3v) is 3.60. The van der Waals surface area contributed by atoms with Crippen molar-refractivity contribution >= 4 is 5.78 Å². The molecule has 1 aromatic carbocycles. The van der Waals surface area contributed by atoms with E-state index >= 15 is 0 Å². The predicted molar refractivity (Wildman–Crippen MR) is 85.3 cm³/mol. The summed E-state index contributed by atoms with van der Waals surface area (Å²) in [5.74, 6) is 1.69. The summed E-state index contributed by atoms with van der Waals surface area (Å²) in [7, 11) is 0. The molecule has 22 heavy (non-hydrogen) atoms. The topological polar surface area (TPSA) is 56.8 Å². The predicted octanol–water partition coefficient (Wildman–Crippen LogP) is 2.82. The number of nitrogens with one attached hydrogen (secondary N) is 1. The quantitative estimate of drug-likeness (QED) is 0.748. The van der Waals surface area contributed by atoms with Gasteiger partial charge in [0, 0.05) is 0 Å². The fourth-order valence-corrected chi connectivity index (χ4v) is 2.67. The Balaban J connectivity index is 2.43. The van der Waals surface area contributed by atoms with Crippen molar-refractivity contribution in [1.82, 2.24) is 5.32 Å². The molecule has 0 spiro atoms. The Morgan fingerprint density at radius 2 is 1.77 bits per heavy atom. The van der Waals surface area contributed by atoms with Crippen molar-refractivity contribution in [1.29, 1.82) is 0 Å². The summed E-state index contributed by atoms with van der Waals surface area (Å²) in [4.78, 5) is 12.7. The molecular formula is C17H25NO4. The minimum Gasteiger partial charge on any atom is -0.490 e. The van der Waals surface area contributed by atoms with Crippen LogP contribution in [0, 0.1) is 0 Å². The summed E-state index contributed by atoms with van der Waals surface area (Å²) < 4.78 is 17.0. The van der Waals surface area contributed by atoms with Gasteiger partial charge in [0.2, 0.25) is 5.75 Å². The van der Waals surface area contributed by atoms with E-state index in [4.69, 9.17) is 14.2 Å². The fourth-order valence-electron chi connectivity index (χ4n) is 2.67. The molecule has 0 bridgehead atoms. The van der Waals surface area contributed by atoms with Gasteiger partial charge in [0.25, 0.3) is 0 Å². The molecule has 1 unspecified atom stereocenters. The highest BCUT2D eigenvalue weighted by atomic mass is 16.5. The lowest BCUT2D eigenvalue weighted by Crippen LogP contribution is -2.31. The van der Waals surface area contributed by atoms with Gasteiger partial charge in [0.1, 0.15) is 0 Å². The third kappa shape index (κ3) is 3.53. The summed E-state index contributed by atoms with van der Waals surface area (Å²) in [6, 6.07) is 3.44. The number of carbonyl (C=O) groups is 1. The molecule has 0 saturated carbocycles. The summed E-state index contributed by atoms with van der Waals surface area (Å²) in [6.45, 7) is 8.08. The number of ether oxygens (including phenoxy) is 3. The second-order valence-electron chi connectivity index (χ2n) is 5.08. The molecule has 1 aromatic rings. The summed E-state index contributed by atoms with van der Waals surface area (Å²) in [5.41, 5.74) is 0.563. The molecule has 1 saturated heterocycles. The number of rotatable bonds is 8. The molecule has 1 fully saturated rings. The first-order valence-corrected chi connectivity index (χ1v) is 8.05. The lowest BCUT2D eigenvalue weighted by atomic mass is 10.0. The maximum Gasteiger partial charge on any atom is 0.204 e. The van der Waals surface area contributed by atoms with E-state index in [9.17, 15) is 4.79 Å². The monoisotopic (exact) mass is 307 g/mol. The SMILES string of the molecule is CCOc1ccc(C(=O)C2CCCN2)c(OCC)c1OCC. The van der Waals surface area contributed by atoms with Crippen LogP contribution in [0.4, 0.5) is 0 Å². The van der Waals surface area contributed by atoms with Gasteiger partial charge in [0.15, 0.2) is 17.3 Å². The summed E-state index contributed by atoms with van der Waals surface area (Å²) in [6.07, 6.45) is 1.89. The molecule has 1 heterocycles. The Labute approximate surface area is 131 Å². The average Bonchev–Trinajstić information content (AvgIpc) is 3.05. The van der Waals surface area contributed by atoms with E-state index < -0.39 is 0 Å². The molecule has 1 aliphatic rings. The van der Waals surface area contributed by atoms with E-state index in [1.54, 1.807) is 12.1 Å². The molecule has 1 aliphatic heterocycles.